The zero-order chi connectivity index (χ0) is 15.7. The van der Waals surface area contributed by atoms with E-state index in [0.717, 1.165) is 14.0 Å². The Morgan fingerprint density at radius 1 is 1.05 bits per heavy atom. The summed E-state index contributed by atoms with van der Waals surface area (Å²) in [6.07, 6.45) is 0. The van der Waals surface area contributed by atoms with Gasteiger partial charge in [-0.1, -0.05) is 0 Å². The highest BCUT2D eigenvalue weighted by atomic mass is 19.2. The molecule has 0 bridgehead atoms. The average molecular weight is 299 g/mol. The molecule has 0 amide bonds. The van der Waals surface area contributed by atoms with Crippen LogP contribution in [0.4, 0.5) is 22.0 Å². The quantitative estimate of drug-likeness (QED) is 0.397. The van der Waals surface area contributed by atoms with Crippen molar-refractivity contribution in [2.45, 2.75) is 12.5 Å². The van der Waals surface area contributed by atoms with Crippen LogP contribution < -0.4 is 10.5 Å². The lowest BCUT2D eigenvalue weighted by molar-refractivity contribution is -0.147. The standard InChI is InChI=1S/C11H10F5NO3/c1-11(17,10(18)19-2)3-20-9-7(15)5(13)4(12)6(14)8(9)16/h3,17H2,1-2H3. The van der Waals surface area contributed by atoms with Gasteiger partial charge in [-0.05, 0) is 6.92 Å². The Morgan fingerprint density at radius 2 is 1.45 bits per heavy atom. The summed E-state index contributed by atoms with van der Waals surface area (Å²) in [7, 11) is 1.01. The molecule has 1 atom stereocenters. The summed E-state index contributed by atoms with van der Waals surface area (Å²) in [4.78, 5) is 11.2. The molecule has 0 saturated carbocycles. The van der Waals surface area contributed by atoms with Gasteiger partial charge in [0.1, 0.15) is 12.1 Å². The van der Waals surface area contributed by atoms with Crippen LogP contribution in [0.1, 0.15) is 6.92 Å². The van der Waals surface area contributed by atoms with Gasteiger partial charge in [0.25, 0.3) is 0 Å². The Morgan fingerprint density at radius 3 is 1.85 bits per heavy atom. The van der Waals surface area contributed by atoms with Crippen LogP contribution in [-0.2, 0) is 9.53 Å². The summed E-state index contributed by atoms with van der Waals surface area (Å²) in [6, 6.07) is 0. The third kappa shape index (κ3) is 2.82. The van der Waals surface area contributed by atoms with Gasteiger partial charge in [0.05, 0.1) is 7.11 Å². The summed E-state index contributed by atoms with van der Waals surface area (Å²) in [5.41, 5.74) is 3.59. The van der Waals surface area contributed by atoms with Crippen molar-refractivity contribution in [2.75, 3.05) is 13.7 Å². The Bertz CT molecular complexity index is 518. The molecule has 2 N–H and O–H groups in total. The number of halogens is 5. The second kappa shape index (κ2) is 5.61. The van der Waals surface area contributed by atoms with Gasteiger partial charge in [0.15, 0.2) is 5.75 Å². The molecule has 0 aromatic heterocycles. The lowest BCUT2D eigenvalue weighted by atomic mass is 10.1. The number of benzene rings is 1. The van der Waals surface area contributed by atoms with E-state index in [-0.39, 0.29) is 0 Å². The number of esters is 1. The van der Waals surface area contributed by atoms with Crippen molar-refractivity contribution in [1.29, 1.82) is 0 Å². The molecule has 0 radical (unpaired) electrons. The van der Waals surface area contributed by atoms with Crippen LogP contribution >= 0.6 is 0 Å². The van der Waals surface area contributed by atoms with Crippen LogP contribution in [0.25, 0.3) is 0 Å². The molecule has 1 rings (SSSR count). The van der Waals surface area contributed by atoms with Crippen molar-refractivity contribution in [2.24, 2.45) is 5.73 Å². The Kier molecular flexibility index (Phi) is 4.53. The molecule has 0 aliphatic carbocycles. The van der Waals surface area contributed by atoms with E-state index >= 15 is 0 Å². The SMILES string of the molecule is COC(=O)C(C)(N)COc1c(F)c(F)c(F)c(F)c1F. The second-order valence-electron chi connectivity index (χ2n) is 4.10. The number of methoxy groups -OCH3 is 1. The molecule has 0 fully saturated rings. The zero-order valence-corrected chi connectivity index (χ0v) is 10.4. The molecule has 0 saturated heterocycles. The number of rotatable bonds is 4. The van der Waals surface area contributed by atoms with Gasteiger partial charge < -0.3 is 15.2 Å². The highest BCUT2D eigenvalue weighted by Gasteiger charge is 2.33. The normalized spacial score (nSPS) is 13.8. The molecule has 1 aromatic carbocycles. The molecule has 20 heavy (non-hydrogen) atoms. The second-order valence-corrected chi connectivity index (χ2v) is 4.10. The molecular weight excluding hydrogens is 289 g/mol. The van der Waals surface area contributed by atoms with Gasteiger partial charge in [0, 0.05) is 0 Å². The number of ether oxygens (including phenoxy) is 2. The van der Waals surface area contributed by atoms with Crippen molar-refractivity contribution in [1.82, 2.24) is 0 Å². The van der Waals surface area contributed by atoms with Crippen LogP contribution in [0, 0.1) is 29.1 Å². The Balaban J connectivity index is 3.09. The summed E-state index contributed by atoms with van der Waals surface area (Å²) >= 11 is 0. The van der Waals surface area contributed by atoms with Crippen LogP contribution in [-0.4, -0.2) is 25.2 Å². The number of hydrogen-bond acceptors (Lipinski definition) is 4. The summed E-state index contributed by atoms with van der Waals surface area (Å²) in [5.74, 6) is -13.4. The van der Waals surface area contributed by atoms with Crippen LogP contribution in [0.15, 0.2) is 0 Å². The van der Waals surface area contributed by atoms with Crippen LogP contribution in [0.3, 0.4) is 0 Å². The van der Waals surface area contributed by atoms with Crippen molar-refractivity contribution in [3.63, 3.8) is 0 Å². The first-order chi connectivity index (χ1) is 9.13. The average Bonchev–Trinajstić information content (AvgIpc) is 2.41. The highest BCUT2D eigenvalue weighted by Crippen LogP contribution is 2.29. The molecule has 0 spiro atoms. The van der Waals surface area contributed by atoms with Crippen LogP contribution in [0.2, 0.25) is 0 Å². The largest absolute Gasteiger partial charge is 0.485 e. The zero-order valence-electron chi connectivity index (χ0n) is 10.4. The molecule has 0 aliphatic rings. The van der Waals surface area contributed by atoms with E-state index < -0.39 is 53.0 Å². The Hall–Kier alpha value is -1.90. The fourth-order valence-electron chi connectivity index (χ4n) is 1.23. The van der Waals surface area contributed by atoms with Gasteiger partial charge in [-0.25, -0.2) is 18.0 Å². The van der Waals surface area contributed by atoms with E-state index in [2.05, 4.69) is 9.47 Å². The number of carbonyl (C=O) groups is 1. The van der Waals surface area contributed by atoms with E-state index in [0.29, 0.717) is 0 Å². The fourth-order valence-corrected chi connectivity index (χ4v) is 1.23. The minimum absolute atomic E-state index is 0.849. The number of hydrogen-bond donors (Lipinski definition) is 1. The highest BCUT2D eigenvalue weighted by molar-refractivity contribution is 5.80. The third-order valence-electron chi connectivity index (χ3n) is 2.34. The predicted octanol–water partition coefficient (Wildman–Crippen LogP) is 1.65. The fraction of sp³-hybridized carbons (Fsp3) is 0.364. The van der Waals surface area contributed by atoms with Crippen molar-refractivity contribution >= 4 is 5.97 Å². The maximum absolute atomic E-state index is 13.3. The molecule has 112 valence electrons. The van der Waals surface area contributed by atoms with Gasteiger partial charge in [0.2, 0.25) is 29.1 Å². The van der Waals surface area contributed by atoms with E-state index in [9.17, 15) is 26.7 Å². The third-order valence-corrected chi connectivity index (χ3v) is 2.34. The molecule has 4 nitrogen and oxygen atoms in total. The monoisotopic (exact) mass is 299 g/mol. The molecule has 9 heteroatoms. The maximum atomic E-state index is 13.3. The minimum atomic E-state index is -2.31. The summed E-state index contributed by atoms with van der Waals surface area (Å²) in [5, 5.41) is 0. The van der Waals surface area contributed by atoms with E-state index in [1.807, 2.05) is 0 Å². The van der Waals surface area contributed by atoms with Gasteiger partial charge in [-0.15, -0.1) is 0 Å². The number of nitrogens with two attached hydrogens (primary N) is 1. The topological polar surface area (TPSA) is 61.5 Å². The van der Waals surface area contributed by atoms with Gasteiger partial charge in [-0.3, -0.25) is 0 Å². The van der Waals surface area contributed by atoms with Gasteiger partial charge >= 0.3 is 5.97 Å². The van der Waals surface area contributed by atoms with Gasteiger partial charge in [-0.2, -0.15) is 8.78 Å². The smallest absolute Gasteiger partial charge is 0.329 e. The maximum Gasteiger partial charge on any atom is 0.329 e. The minimum Gasteiger partial charge on any atom is -0.485 e. The van der Waals surface area contributed by atoms with Crippen molar-refractivity contribution < 1.29 is 36.2 Å². The van der Waals surface area contributed by atoms with E-state index in [4.69, 9.17) is 5.73 Å². The Labute approximate surface area is 110 Å². The molecular formula is C11H10F5NO3. The molecule has 0 aliphatic heterocycles. The van der Waals surface area contributed by atoms with E-state index in [1.54, 1.807) is 0 Å². The molecule has 1 unspecified atom stereocenters. The number of carbonyl (C=O) groups excluding carboxylic acids is 1. The van der Waals surface area contributed by atoms with E-state index in [1.165, 1.54) is 0 Å². The summed E-state index contributed by atoms with van der Waals surface area (Å²) < 4.78 is 73.8. The lowest BCUT2D eigenvalue weighted by Crippen LogP contribution is -2.50. The first-order valence-electron chi connectivity index (χ1n) is 5.15. The summed E-state index contributed by atoms with van der Waals surface area (Å²) in [6.45, 7) is 0.253. The van der Waals surface area contributed by atoms with Crippen LogP contribution in [0.5, 0.6) is 5.75 Å². The first kappa shape index (κ1) is 16.2. The molecule has 0 heterocycles. The predicted molar refractivity (Wildman–Crippen MR) is 56.3 cm³/mol. The molecule has 1 aromatic rings. The first-order valence-corrected chi connectivity index (χ1v) is 5.15. The lowest BCUT2D eigenvalue weighted by Gasteiger charge is -2.22. The van der Waals surface area contributed by atoms with Crippen molar-refractivity contribution in [3.8, 4) is 5.75 Å². The van der Waals surface area contributed by atoms with Crippen molar-refractivity contribution in [3.05, 3.63) is 29.1 Å².